The Balaban J connectivity index is 1.66. The van der Waals surface area contributed by atoms with Crippen LogP contribution in [0.3, 0.4) is 0 Å². The van der Waals surface area contributed by atoms with Crippen LogP contribution in [0.4, 0.5) is 15.8 Å². The zero-order valence-electron chi connectivity index (χ0n) is 17.7. The molecule has 0 aromatic heterocycles. The number of hydrogen-bond acceptors (Lipinski definition) is 4. The Kier molecular flexibility index (Phi) is 8.20. The van der Waals surface area contributed by atoms with E-state index in [1.165, 1.54) is 12.1 Å². The highest BCUT2D eigenvalue weighted by molar-refractivity contribution is 6.32. The maximum absolute atomic E-state index is 13.3. The standard InChI is InChI=1S/C24H23Cl2FN2O3/c1-3-31-22-11-16(13-28-18-8-9-21(27)19(25)12-18)10-20(26)24(22)32-14-23(30)29-17-6-4-15(2)5-7-17/h4-12,28H,3,13-14H2,1-2H3,(H,29,30). The van der Waals surface area contributed by atoms with E-state index in [0.717, 1.165) is 11.1 Å². The smallest absolute Gasteiger partial charge is 0.262 e. The molecule has 0 aliphatic carbocycles. The van der Waals surface area contributed by atoms with Gasteiger partial charge in [-0.2, -0.15) is 0 Å². The number of anilines is 2. The summed E-state index contributed by atoms with van der Waals surface area (Å²) in [6, 6.07) is 15.4. The van der Waals surface area contributed by atoms with Crippen LogP contribution in [-0.4, -0.2) is 19.1 Å². The second-order valence-electron chi connectivity index (χ2n) is 7.02. The minimum absolute atomic E-state index is 0.0377. The zero-order valence-corrected chi connectivity index (χ0v) is 19.2. The SMILES string of the molecule is CCOc1cc(CNc2ccc(F)c(Cl)c2)cc(Cl)c1OCC(=O)Nc1ccc(C)cc1. The van der Waals surface area contributed by atoms with E-state index in [1.807, 2.05) is 38.1 Å². The third-order valence-electron chi connectivity index (χ3n) is 4.47. The van der Waals surface area contributed by atoms with Crippen LogP contribution in [0.15, 0.2) is 54.6 Å². The van der Waals surface area contributed by atoms with E-state index < -0.39 is 5.82 Å². The van der Waals surface area contributed by atoms with Crippen LogP contribution in [-0.2, 0) is 11.3 Å². The molecule has 0 fully saturated rings. The quantitative estimate of drug-likeness (QED) is 0.371. The number of nitrogens with one attached hydrogen (secondary N) is 2. The number of benzene rings is 3. The van der Waals surface area contributed by atoms with Crippen molar-refractivity contribution in [1.82, 2.24) is 0 Å². The highest BCUT2D eigenvalue weighted by Crippen LogP contribution is 2.37. The van der Waals surface area contributed by atoms with Crippen molar-refractivity contribution in [2.75, 3.05) is 23.8 Å². The number of halogens is 3. The van der Waals surface area contributed by atoms with Gasteiger partial charge in [0.2, 0.25) is 0 Å². The summed E-state index contributed by atoms with van der Waals surface area (Å²) in [5.41, 5.74) is 3.26. The van der Waals surface area contributed by atoms with E-state index in [0.29, 0.717) is 41.0 Å². The van der Waals surface area contributed by atoms with Gasteiger partial charge in [0.05, 0.1) is 16.7 Å². The Morgan fingerprint density at radius 3 is 2.38 bits per heavy atom. The molecule has 0 aliphatic heterocycles. The number of rotatable bonds is 9. The van der Waals surface area contributed by atoms with Crippen molar-refractivity contribution in [3.63, 3.8) is 0 Å². The van der Waals surface area contributed by atoms with Gasteiger partial charge in [0.1, 0.15) is 5.82 Å². The molecule has 8 heteroatoms. The number of aryl methyl sites for hydroxylation is 1. The zero-order chi connectivity index (χ0) is 23.1. The van der Waals surface area contributed by atoms with Crippen molar-refractivity contribution >= 4 is 40.5 Å². The van der Waals surface area contributed by atoms with Gasteiger partial charge >= 0.3 is 0 Å². The van der Waals surface area contributed by atoms with Gasteiger partial charge in [-0.25, -0.2) is 4.39 Å². The molecule has 0 unspecified atom stereocenters. The summed E-state index contributed by atoms with van der Waals surface area (Å²) in [4.78, 5) is 12.3. The van der Waals surface area contributed by atoms with E-state index in [9.17, 15) is 9.18 Å². The molecule has 5 nitrogen and oxygen atoms in total. The fourth-order valence-corrected chi connectivity index (χ4v) is 3.38. The van der Waals surface area contributed by atoms with Crippen LogP contribution < -0.4 is 20.1 Å². The molecule has 0 saturated heterocycles. The molecule has 32 heavy (non-hydrogen) atoms. The van der Waals surface area contributed by atoms with E-state index in [1.54, 1.807) is 18.2 Å². The Hall–Kier alpha value is -2.96. The summed E-state index contributed by atoms with van der Waals surface area (Å²) < 4.78 is 24.7. The largest absolute Gasteiger partial charge is 0.490 e. The summed E-state index contributed by atoms with van der Waals surface area (Å²) in [5.74, 6) is -0.0728. The first-order valence-corrected chi connectivity index (χ1v) is 10.7. The molecule has 0 spiro atoms. The van der Waals surface area contributed by atoms with E-state index in [2.05, 4.69) is 10.6 Å². The molecule has 3 aromatic carbocycles. The summed E-state index contributed by atoms with van der Waals surface area (Å²) in [6.07, 6.45) is 0. The van der Waals surface area contributed by atoms with Crippen LogP contribution in [0.5, 0.6) is 11.5 Å². The lowest BCUT2D eigenvalue weighted by Gasteiger charge is -2.16. The van der Waals surface area contributed by atoms with Gasteiger partial charge in [-0.15, -0.1) is 0 Å². The van der Waals surface area contributed by atoms with Gasteiger partial charge in [-0.3, -0.25) is 4.79 Å². The third-order valence-corrected chi connectivity index (χ3v) is 5.04. The van der Waals surface area contributed by atoms with Crippen molar-refractivity contribution in [2.45, 2.75) is 20.4 Å². The Bertz CT molecular complexity index is 1090. The number of carbonyl (C=O) groups excluding carboxylic acids is 1. The Morgan fingerprint density at radius 2 is 1.69 bits per heavy atom. The molecular weight excluding hydrogens is 454 g/mol. The predicted molar refractivity (Wildman–Crippen MR) is 127 cm³/mol. The predicted octanol–water partition coefficient (Wildman–Crippen LogP) is 6.47. The second-order valence-corrected chi connectivity index (χ2v) is 7.84. The van der Waals surface area contributed by atoms with Gasteiger partial charge in [0, 0.05) is 17.9 Å². The van der Waals surface area contributed by atoms with E-state index in [4.69, 9.17) is 32.7 Å². The lowest BCUT2D eigenvalue weighted by atomic mass is 10.2. The van der Waals surface area contributed by atoms with E-state index in [-0.39, 0.29) is 17.5 Å². The van der Waals surface area contributed by atoms with Crippen LogP contribution in [0.2, 0.25) is 10.0 Å². The molecule has 3 aromatic rings. The molecule has 3 rings (SSSR count). The minimum atomic E-state index is -0.480. The molecular formula is C24H23Cl2FN2O3. The maximum Gasteiger partial charge on any atom is 0.262 e. The summed E-state index contributed by atoms with van der Waals surface area (Å²) in [7, 11) is 0. The van der Waals surface area contributed by atoms with Crippen molar-refractivity contribution in [2.24, 2.45) is 0 Å². The van der Waals surface area contributed by atoms with Crippen LogP contribution in [0.25, 0.3) is 0 Å². The lowest BCUT2D eigenvalue weighted by molar-refractivity contribution is -0.118. The first-order chi connectivity index (χ1) is 15.4. The molecule has 0 aliphatic rings. The summed E-state index contributed by atoms with van der Waals surface area (Å²) in [5, 5.41) is 6.28. The Morgan fingerprint density at radius 1 is 0.969 bits per heavy atom. The lowest BCUT2D eigenvalue weighted by Crippen LogP contribution is -2.20. The molecule has 0 atom stereocenters. The summed E-state index contributed by atoms with van der Waals surface area (Å²) in [6.45, 7) is 4.38. The molecule has 2 N–H and O–H groups in total. The number of carbonyl (C=O) groups is 1. The first kappa shape index (κ1) is 23.7. The number of hydrogen-bond donors (Lipinski definition) is 2. The van der Waals surface area contributed by atoms with Gasteiger partial charge in [0.25, 0.3) is 5.91 Å². The molecule has 0 saturated carbocycles. The van der Waals surface area contributed by atoms with Crippen LogP contribution >= 0.6 is 23.2 Å². The molecule has 0 radical (unpaired) electrons. The van der Waals surface area contributed by atoms with Crippen LogP contribution in [0, 0.1) is 12.7 Å². The molecule has 1 amide bonds. The van der Waals surface area contributed by atoms with E-state index >= 15 is 0 Å². The number of amides is 1. The average Bonchev–Trinajstić information content (AvgIpc) is 2.76. The maximum atomic E-state index is 13.3. The molecule has 168 valence electrons. The Labute approximate surface area is 196 Å². The van der Waals surface area contributed by atoms with Gasteiger partial charge in [0.15, 0.2) is 18.1 Å². The fraction of sp³-hybridized carbons (Fsp3) is 0.208. The highest BCUT2D eigenvalue weighted by atomic mass is 35.5. The summed E-state index contributed by atoms with van der Waals surface area (Å²) >= 11 is 12.2. The van der Waals surface area contributed by atoms with Gasteiger partial charge < -0.3 is 20.1 Å². The first-order valence-electron chi connectivity index (χ1n) is 9.99. The van der Waals surface area contributed by atoms with Crippen molar-refractivity contribution in [3.05, 3.63) is 81.6 Å². The van der Waals surface area contributed by atoms with Crippen molar-refractivity contribution in [3.8, 4) is 11.5 Å². The van der Waals surface area contributed by atoms with Crippen molar-refractivity contribution < 1.29 is 18.7 Å². The molecule has 0 heterocycles. The normalized spacial score (nSPS) is 10.5. The van der Waals surface area contributed by atoms with Gasteiger partial charge in [-0.05, 0) is 61.9 Å². The monoisotopic (exact) mass is 476 g/mol. The third kappa shape index (κ3) is 6.52. The number of ether oxygens (including phenoxy) is 2. The fourth-order valence-electron chi connectivity index (χ4n) is 2.91. The minimum Gasteiger partial charge on any atom is -0.490 e. The van der Waals surface area contributed by atoms with Crippen molar-refractivity contribution in [1.29, 1.82) is 0 Å². The average molecular weight is 477 g/mol. The highest BCUT2D eigenvalue weighted by Gasteiger charge is 2.15. The topological polar surface area (TPSA) is 59.6 Å². The molecule has 0 bridgehead atoms. The van der Waals surface area contributed by atoms with Crippen LogP contribution in [0.1, 0.15) is 18.1 Å². The second kappa shape index (κ2) is 11.1. The van der Waals surface area contributed by atoms with Gasteiger partial charge in [-0.1, -0.05) is 40.9 Å².